The maximum absolute atomic E-state index is 11.7. The van der Waals surface area contributed by atoms with Crippen LogP contribution in [0, 0.1) is 0 Å². The molecule has 0 aromatic carbocycles. The zero-order valence-electron chi connectivity index (χ0n) is 40.9. The second kappa shape index (κ2) is 47.9. The highest BCUT2D eigenvalue weighted by Crippen LogP contribution is 2.12. The average molecular weight is 991 g/mol. The number of hydrogen-bond acceptors (Lipinski definition) is 22. The third-order valence-electron chi connectivity index (χ3n) is 8.14. The smallest absolute Gasteiger partial charge is 0.407 e. The van der Waals surface area contributed by atoms with E-state index in [1.165, 1.54) is 0 Å². The number of carbonyl (C=O) groups is 4. The van der Waals surface area contributed by atoms with Gasteiger partial charge in [0.1, 0.15) is 5.60 Å². The summed E-state index contributed by atoms with van der Waals surface area (Å²) in [4.78, 5) is 50.8. The number of amides is 3. The molecule has 68 heavy (non-hydrogen) atoms. The van der Waals surface area contributed by atoms with E-state index in [-0.39, 0.29) is 32.5 Å². The molecule has 24 heteroatoms. The van der Waals surface area contributed by atoms with Crippen LogP contribution in [0.2, 0.25) is 0 Å². The van der Waals surface area contributed by atoms with Gasteiger partial charge in [-0.15, -0.1) is 5.06 Å². The molecule has 1 fully saturated rings. The molecule has 0 aliphatic carbocycles. The van der Waals surface area contributed by atoms with Gasteiger partial charge in [-0.3, -0.25) is 9.59 Å². The van der Waals surface area contributed by atoms with Crippen molar-refractivity contribution in [3.8, 4) is 0 Å². The maximum Gasteiger partial charge on any atom is 0.407 e. The van der Waals surface area contributed by atoms with E-state index in [0.717, 1.165) is 0 Å². The van der Waals surface area contributed by atoms with Gasteiger partial charge in [-0.25, -0.2) is 9.59 Å². The lowest BCUT2D eigenvalue weighted by atomic mass is 10.2. The Morgan fingerprint density at radius 3 is 0.838 bits per heavy atom. The molecule has 0 aromatic rings. The molecule has 1 N–H and O–H groups in total. The molecule has 0 radical (unpaired) electrons. The van der Waals surface area contributed by atoms with Gasteiger partial charge in [0.2, 0.25) is 0 Å². The molecule has 0 atom stereocenters. The molecule has 0 spiro atoms. The van der Waals surface area contributed by atoms with Crippen LogP contribution >= 0.6 is 0 Å². The van der Waals surface area contributed by atoms with Crippen LogP contribution in [0.1, 0.15) is 40.0 Å². The maximum atomic E-state index is 11.7. The van der Waals surface area contributed by atoms with E-state index in [9.17, 15) is 19.2 Å². The van der Waals surface area contributed by atoms with Gasteiger partial charge in [0, 0.05) is 19.4 Å². The first kappa shape index (κ1) is 63.3. The molecular weight excluding hydrogens is 908 g/mol. The average Bonchev–Trinajstić information content (AvgIpc) is 3.62. The summed E-state index contributed by atoms with van der Waals surface area (Å²) in [5, 5.41) is 3.14. The number of ether oxygens (including phenoxy) is 17. The monoisotopic (exact) mass is 991 g/mol. The first-order chi connectivity index (χ1) is 33.2. The molecule has 3 amide bonds. The summed E-state index contributed by atoms with van der Waals surface area (Å²) < 4.78 is 92.5. The summed E-state index contributed by atoms with van der Waals surface area (Å²) in [6.07, 6.45) is -0.435. The fraction of sp³-hybridized carbons (Fsp3) is 0.909. The largest absolute Gasteiger partial charge is 0.444 e. The van der Waals surface area contributed by atoms with Crippen LogP contribution < -0.4 is 5.32 Å². The van der Waals surface area contributed by atoms with Crippen molar-refractivity contribution in [1.29, 1.82) is 0 Å². The molecule has 1 aliphatic rings. The molecule has 0 saturated carbocycles. The highest BCUT2D eigenvalue weighted by molar-refractivity contribution is 6.01. The lowest BCUT2D eigenvalue weighted by molar-refractivity contribution is -0.198. The van der Waals surface area contributed by atoms with E-state index in [4.69, 9.17) is 85.4 Å². The predicted octanol–water partition coefficient (Wildman–Crippen LogP) is 0.774. The van der Waals surface area contributed by atoms with Crippen LogP contribution in [0.25, 0.3) is 0 Å². The van der Waals surface area contributed by atoms with Gasteiger partial charge in [0.15, 0.2) is 0 Å². The van der Waals surface area contributed by atoms with Gasteiger partial charge in [-0.2, -0.15) is 0 Å². The SMILES string of the molecule is CC(C)(C)OC(=O)NCCOCCOCCOCCOCCOCCOCCOCCOCCOCCOCCOCCOCCOCCOCCOCCOCCC(=O)ON1C(=O)CCC1=O. The van der Waals surface area contributed by atoms with Gasteiger partial charge in [0.05, 0.1) is 218 Å². The number of rotatable bonds is 52. The van der Waals surface area contributed by atoms with E-state index in [2.05, 4.69) is 5.32 Å². The number of hydroxylamine groups is 2. The van der Waals surface area contributed by atoms with E-state index in [1.54, 1.807) is 0 Å². The molecule has 1 rings (SSSR count). The first-order valence-electron chi connectivity index (χ1n) is 23.5. The van der Waals surface area contributed by atoms with Crippen molar-refractivity contribution in [1.82, 2.24) is 10.4 Å². The summed E-state index contributed by atoms with van der Waals surface area (Å²) in [6.45, 7) is 19.7. The van der Waals surface area contributed by atoms with Crippen molar-refractivity contribution in [2.24, 2.45) is 0 Å². The second-order valence-electron chi connectivity index (χ2n) is 15.0. The van der Waals surface area contributed by atoms with Gasteiger partial charge >= 0.3 is 12.1 Å². The van der Waals surface area contributed by atoms with Crippen LogP contribution in [-0.4, -0.2) is 253 Å². The third-order valence-corrected chi connectivity index (χ3v) is 8.14. The number of hydrogen-bond donors (Lipinski definition) is 1. The molecule has 400 valence electrons. The van der Waals surface area contributed by atoms with E-state index in [1.807, 2.05) is 20.8 Å². The van der Waals surface area contributed by atoms with Crippen LogP contribution in [-0.2, 0) is 99.7 Å². The lowest BCUT2D eigenvalue weighted by Gasteiger charge is -2.19. The van der Waals surface area contributed by atoms with Crippen molar-refractivity contribution in [2.45, 2.75) is 45.6 Å². The number of alkyl carbamates (subject to hydrolysis) is 1. The van der Waals surface area contributed by atoms with Crippen LogP contribution in [0.4, 0.5) is 4.79 Å². The highest BCUT2D eigenvalue weighted by atomic mass is 16.7. The van der Waals surface area contributed by atoms with Gasteiger partial charge < -0.3 is 90.7 Å². The summed E-state index contributed by atoms with van der Waals surface area (Å²) in [7, 11) is 0. The van der Waals surface area contributed by atoms with Crippen molar-refractivity contribution in [2.75, 3.05) is 218 Å². The van der Waals surface area contributed by atoms with E-state index < -0.39 is 29.5 Å². The minimum atomic E-state index is -0.704. The standard InChI is InChI=1S/C44H82N2O22/c1-44(2,3)67-43(50)45-7-9-52-11-13-54-15-17-56-19-21-58-23-25-60-27-29-62-31-33-64-35-37-66-39-38-65-36-34-63-32-30-61-28-26-59-24-22-57-20-18-55-16-14-53-12-10-51-8-6-42(49)68-46-40(47)4-5-41(46)48/h4-39H2,1-3H3,(H,45,50). The number of nitrogens with one attached hydrogen (secondary N) is 1. The molecule has 1 saturated heterocycles. The Morgan fingerprint density at radius 1 is 0.382 bits per heavy atom. The zero-order chi connectivity index (χ0) is 49.3. The molecule has 1 heterocycles. The lowest BCUT2D eigenvalue weighted by Crippen LogP contribution is -2.34. The third kappa shape index (κ3) is 45.7. The summed E-state index contributed by atoms with van der Waals surface area (Å²) in [5.41, 5.74) is -0.522. The number of carbonyl (C=O) groups excluding carboxylic acids is 4. The Kier molecular flexibility index (Phi) is 44.6. The first-order valence-corrected chi connectivity index (χ1v) is 23.5. The fourth-order valence-electron chi connectivity index (χ4n) is 4.90. The van der Waals surface area contributed by atoms with Crippen LogP contribution in [0.15, 0.2) is 0 Å². The number of imide groups is 1. The quantitative estimate of drug-likeness (QED) is 0.0653. The Labute approximate surface area is 401 Å². The Balaban J connectivity index is 1.62. The van der Waals surface area contributed by atoms with Crippen molar-refractivity contribution >= 4 is 23.9 Å². The Bertz CT molecular complexity index is 1170. The van der Waals surface area contributed by atoms with Crippen molar-refractivity contribution in [3.63, 3.8) is 0 Å². The molecule has 0 unspecified atom stereocenters. The fourth-order valence-corrected chi connectivity index (χ4v) is 4.90. The van der Waals surface area contributed by atoms with Gasteiger partial charge in [-0.05, 0) is 20.8 Å². The molecule has 1 aliphatic heterocycles. The van der Waals surface area contributed by atoms with Gasteiger partial charge in [-0.1, -0.05) is 0 Å². The molecular formula is C44H82N2O22. The summed E-state index contributed by atoms with van der Waals surface area (Å²) in [6, 6.07) is 0. The van der Waals surface area contributed by atoms with Crippen LogP contribution in [0.5, 0.6) is 0 Å². The Morgan fingerprint density at radius 2 is 0.603 bits per heavy atom. The van der Waals surface area contributed by atoms with E-state index in [0.29, 0.717) is 210 Å². The van der Waals surface area contributed by atoms with E-state index >= 15 is 0 Å². The van der Waals surface area contributed by atoms with Crippen molar-refractivity contribution in [3.05, 3.63) is 0 Å². The highest BCUT2D eigenvalue weighted by Gasteiger charge is 2.32. The second-order valence-corrected chi connectivity index (χ2v) is 15.0. The topological polar surface area (TPSA) is 250 Å². The number of nitrogens with zero attached hydrogens (tertiary/aromatic N) is 1. The van der Waals surface area contributed by atoms with Crippen LogP contribution in [0.3, 0.4) is 0 Å². The van der Waals surface area contributed by atoms with Gasteiger partial charge in [0.25, 0.3) is 11.8 Å². The zero-order valence-corrected chi connectivity index (χ0v) is 40.9. The minimum Gasteiger partial charge on any atom is -0.444 e. The normalized spacial score (nSPS) is 13.0. The Hall–Kier alpha value is -2.76. The predicted molar refractivity (Wildman–Crippen MR) is 239 cm³/mol. The molecule has 0 aromatic heterocycles. The minimum absolute atomic E-state index is 0.0534. The summed E-state index contributed by atoms with van der Waals surface area (Å²) >= 11 is 0. The molecule has 0 bridgehead atoms. The summed E-state index contributed by atoms with van der Waals surface area (Å²) in [5.74, 6) is -1.73. The van der Waals surface area contributed by atoms with Crippen molar-refractivity contribution < 1.29 is 105 Å². The molecule has 24 nitrogen and oxygen atoms in total.